The minimum Gasteiger partial charge on any atom is -0.374 e. The van der Waals surface area contributed by atoms with Crippen LogP contribution in [0, 0.1) is 17.8 Å². The first-order chi connectivity index (χ1) is 9.28. The first kappa shape index (κ1) is 17.0. The fourth-order valence-corrected chi connectivity index (χ4v) is 2.46. The molecule has 0 saturated carbocycles. The summed E-state index contributed by atoms with van der Waals surface area (Å²) in [5.74, 6) is 0.612. The van der Waals surface area contributed by atoms with Crippen LogP contribution >= 0.6 is 0 Å². The van der Waals surface area contributed by atoms with Gasteiger partial charge in [-0.1, -0.05) is 40.5 Å². The van der Waals surface area contributed by atoms with Gasteiger partial charge in [-0.15, -0.1) is 0 Å². The summed E-state index contributed by atoms with van der Waals surface area (Å²) < 4.78 is 9.95. The number of epoxide rings is 1. The Kier molecular flexibility index (Phi) is 5.99. The highest BCUT2D eigenvalue weighted by Crippen LogP contribution is 2.42. The van der Waals surface area contributed by atoms with Crippen molar-refractivity contribution in [3.8, 4) is 0 Å². The van der Waals surface area contributed by atoms with Crippen molar-refractivity contribution >= 4 is 12.1 Å². The van der Waals surface area contributed by atoms with Gasteiger partial charge in [-0.05, 0) is 24.7 Å². The molecule has 0 aromatic rings. The standard InChI is InChI=1S/C15H27NO4/c1-10(2)5-7-12(8-6-11(3)4)15(9-19-15)13(17)20-14(16)18/h10-12H,5-9H2,1-4H3,(H2,16,18). The molecule has 0 radical (unpaired) electrons. The normalized spacial score (nSPS) is 21.6. The van der Waals surface area contributed by atoms with Crippen molar-refractivity contribution < 1.29 is 19.1 Å². The van der Waals surface area contributed by atoms with Crippen molar-refractivity contribution in [2.24, 2.45) is 23.5 Å². The van der Waals surface area contributed by atoms with E-state index >= 15 is 0 Å². The molecule has 0 aromatic heterocycles. The Hall–Kier alpha value is -1.10. The number of hydrogen-bond acceptors (Lipinski definition) is 4. The number of amides is 1. The topological polar surface area (TPSA) is 81.9 Å². The average Bonchev–Trinajstić information content (AvgIpc) is 3.08. The summed E-state index contributed by atoms with van der Waals surface area (Å²) in [6.45, 7) is 8.95. The summed E-state index contributed by atoms with van der Waals surface area (Å²) in [4.78, 5) is 22.8. The Bertz CT molecular complexity index is 336. The summed E-state index contributed by atoms with van der Waals surface area (Å²) in [6.07, 6.45) is 2.79. The lowest BCUT2D eigenvalue weighted by molar-refractivity contribution is -0.145. The smallest absolute Gasteiger partial charge is 0.374 e. The van der Waals surface area contributed by atoms with Gasteiger partial charge >= 0.3 is 12.1 Å². The molecular weight excluding hydrogens is 258 g/mol. The second-order valence-corrected chi connectivity index (χ2v) is 6.53. The van der Waals surface area contributed by atoms with E-state index in [4.69, 9.17) is 10.5 Å². The van der Waals surface area contributed by atoms with Crippen LogP contribution in [-0.4, -0.2) is 24.3 Å². The highest BCUT2D eigenvalue weighted by Gasteiger charge is 2.59. The maximum absolute atomic E-state index is 12.0. The lowest BCUT2D eigenvalue weighted by Gasteiger charge is -2.23. The molecule has 2 N–H and O–H groups in total. The van der Waals surface area contributed by atoms with Gasteiger partial charge in [0, 0.05) is 5.92 Å². The fraction of sp³-hybridized carbons (Fsp3) is 0.867. The second-order valence-electron chi connectivity index (χ2n) is 6.53. The van der Waals surface area contributed by atoms with Crippen LogP contribution in [0.5, 0.6) is 0 Å². The van der Waals surface area contributed by atoms with Crippen molar-refractivity contribution in [2.45, 2.75) is 59.0 Å². The number of primary amides is 1. The summed E-state index contributed by atoms with van der Waals surface area (Å²) >= 11 is 0. The molecule has 1 unspecified atom stereocenters. The summed E-state index contributed by atoms with van der Waals surface area (Å²) in [6, 6.07) is 0. The van der Waals surface area contributed by atoms with E-state index in [0.717, 1.165) is 25.7 Å². The van der Waals surface area contributed by atoms with E-state index in [9.17, 15) is 9.59 Å². The Morgan fingerprint density at radius 3 is 1.85 bits per heavy atom. The Morgan fingerprint density at radius 2 is 1.55 bits per heavy atom. The van der Waals surface area contributed by atoms with Crippen molar-refractivity contribution in [3.63, 3.8) is 0 Å². The van der Waals surface area contributed by atoms with E-state index < -0.39 is 17.7 Å². The molecule has 0 bridgehead atoms. The van der Waals surface area contributed by atoms with Crippen LogP contribution in [0.2, 0.25) is 0 Å². The van der Waals surface area contributed by atoms with Gasteiger partial charge in [-0.2, -0.15) is 0 Å². The molecule has 1 rings (SSSR count). The van der Waals surface area contributed by atoms with E-state index in [2.05, 4.69) is 32.4 Å². The molecule has 5 nitrogen and oxygen atoms in total. The van der Waals surface area contributed by atoms with E-state index in [-0.39, 0.29) is 5.92 Å². The van der Waals surface area contributed by atoms with Crippen molar-refractivity contribution in [1.29, 1.82) is 0 Å². The van der Waals surface area contributed by atoms with Gasteiger partial charge in [-0.25, -0.2) is 9.59 Å². The zero-order valence-electron chi connectivity index (χ0n) is 13.0. The van der Waals surface area contributed by atoms with Gasteiger partial charge in [-0.3, -0.25) is 0 Å². The van der Waals surface area contributed by atoms with Crippen LogP contribution in [0.4, 0.5) is 4.79 Å². The number of carbonyl (C=O) groups is 2. The number of hydrogen-bond donors (Lipinski definition) is 1. The first-order valence-electron chi connectivity index (χ1n) is 7.43. The number of ether oxygens (including phenoxy) is 2. The molecule has 0 aliphatic carbocycles. The van der Waals surface area contributed by atoms with E-state index in [1.165, 1.54) is 0 Å². The maximum Gasteiger partial charge on any atom is 0.412 e. The number of carbonyl (C=O) groups excluding carboxylic acids is 2. The van der Waals surface area contributed by atoms with Crippen LogP contribution in [0.1, 0.15) is 53.4 Å². The highest BCUT2D eigenvalue weighted by atomic mass is 16.7. The monoisotopic (exact) mass is 285 g/mol. The largest absolute Gasteiger partial charge is 0.412 e. The third-order valence-corrected chi connectivity index (χ3v) is 3.84. The third-order valence-electron chi connectivity index (χ3n) is 3.84. The van der Waals surface area contributed by atoms with Gasteiger partial charge in [0.05, 0.1) is 6.61 Å². The zero-order valence-corrected chi connectivity index (χ0v) is 13.0. The summed E-state index contributed by atoms with van der Waals surface area (Å²) in [7, 11) is 0. The van der Waals surface area contributed by atoms with E-state index in [1.54, 1.807) is 0 Å². The van der Waals surface area contributed by atoms with Gasteiger partial charge in [0.25, 0.3) is 0 Å². The lowest BCUT2D eigenvalue weighted by atomic mass is 9.82. The third kappa shape index (κ3) is 4.78. The molecule has 1 aliphatic heterocycles. The fourth-order valence-electron chi connectivity index (χ4n) is 2.46. The van der Waals surface area contributed by atoms with Crippen LogP contribution < -0.4 is 5.73 Å². The average molecular weight is 285 g/mol. The second kappa shape index (κ2) is 7.07. The minimum atomic E-state index is -1.06. The van der Waals surface area contributed by atoms with Crippen molar-refractivity contribution in [3.05, 3.63) is 0 Å². The molecule has 1 aliphatic rings. The minimum absolute atomic E-state index is 0.0964. The van der Waals surface area contributed by atoms with Gasteiger partial charge < -0.3 is 15.2 Å². The molecule has 5 heteroatoms. The summed E-state index contributed by atoms with van der Waals surface area (Å²) in [5.41, 5.74) is 3.99. The highest BCUT2D eigenvalue weighted by molar-refractivity contribution is 5.91. The molecule has 1 amide bonds. The number of rotatable bonds is 8. The predicted molar refractivity (Wildman–Crippen MR) is 76.0 cm³/mol. The molecular formula is C15H27NO4. The lowest BCUT2D eigenvalue weighted by Crippen LogP contribution is -2.38. The van der Waals surface area contributed by atoms with Crippen LogP contribution in [0.15, 0.2) is 0 Å². The Morgan fingerprint density at radius 1 is 1.10 bits per heavy atom. The van der Waals surface area contributed by atoms with E-state index in [1.807, 2.05) is 0 Å². The molecule has 1 atom stereocenters. The van der Waals surface area contributed by atoms with Crippen molar-refractivity contribution in [1.82, 2.24) is 0 Å². The van der Waals surface area contributed by atoms with Gasteiger partial charge in [0.2, 0.25) is 0 Å². The zero-order chi connectivity index (χ0) is 15.3. The van der Waals surface area contributed by atoms with Crippen LogP contribution in [0.3, 0.4) is 0 Å². The summed E-state index contributed by atoms with van der Waals surface area (Å²) in [5, 5.41) is 0. The van der Waals surface area contributed by atoms with Crippen molar-refractivity contribution in [2.75, 3.05) is 6.61 Å². The molecule has 0 aromatic carbocycles. The molecule has 0 spiro atoms. The first-order valence-corrected chi connectivity index (χ1v) is 7.43. The predicted octanol–water partition coefficient (Wildman–Crippen LogP) is 2.87. The molecule has 1 fully saturated rings. The van der Waals surface area contributed by atoms with Crippen LogP contribution in [0.25, 0.3) is 0 Å². The SMILES string of the molecule is CC(C)CCC(CCC(C)C)C1(C(=O)OC(N)=O)CO1. The van der Waals surface area contributed by atoms with Gasteiger partial charge in [0.1, 0.15) is 0 Å². The van der Waals surface area contributed by atoms with Gasteiger partial charge in [0.15, 0.2) is 5.60 Å². The molecule has 116 valence electrons. The molecule has 1 saturated heterocycles. The van der Waals surface area contributed by atoms with Crippen LogP contribution in [-0.2, 0) is 14.3 Å². The maximum atomic E-state index is 12.0. The Labute approximate surface area is 121 Å². The van der Waals surface area contributed by atoms with E-state index in [0.29, 0.717) is 18.4 Å². The number of esters is 1. The number of nitrogens with two attached hydrogens (primary N) is 1. The molecule has 20 heavy (non-hydrogen) atoms. The Balaban J connectivity index is 2.69. The quantitative estimate of drug-likeness (QED) is 0.422. The molecule has 1 heterocycles.